The molecule has 7 nitrogen and oxygen atoms in total. The number of fused-ring (bicyclic) bond motifs is 2. The standard InChI is InChI=1S/C22H23N7/c1-27(2)13-14-12-18(26-29(14)4)17-8-10-23-22-20(17)24-21(25-22)16-6-5-7-19-15(16)9-11-28(19)3/h5-12H,13H2,1-4H3,(H,23,24,25). The van der Waals surface area contributed by atoms with Gasteiger partial charge in [-0.2, -0.15) is 5.10 Å². The maximum absolute atomic E-state index is 4.79. The van der Waals surface area contributed by atoms with Crippen molar-refractivity contribution in [3.8, 4) is 22.6 Å². The van der Waals surface area contributed by atoms with Crippen LogP contribution >= 0.6 is 0 Å². The van der Waals surface area contributed by atoms with Crippen molar-refractivity contribution in [2.24, 2.45) is 14.1 Å². The van der Waals surface area contributed by atoms with Crippen LogP contribution in [0, 0.1) is 0 Å². The molecule has 0 spiro atoms. The van der Waals surface area contributed by atoms with Gasteiger partial charge >= 0.3 is 0 Å². The summed E-state index contributed by atoms with van der Waals surface area (Å²) in [5.74, 6) is 0.821. The Hall–Kier alpha value is -3.45. The number of hydrogen-bond donors (Lipinski definition) is 1. The topological polar surface area (TPSA) is 67.6 Å². The fourth-order valence-corrected chi connectivity index (χ4v) is 3.87. The highest BCUT2D eigenvalue weighted by atomic mass is 15.3. The molecular weight excluding hydrogens is 362 g/mol. The third-order valence-corrected chi connectivity index (χ3v) is 5.31. The summed E-state index contributed by atoms with van der Waals surface area (Å²) in [6.07, 6.45) is 3.87. The molecule has 0 fully saturated rings. The van der Waals surface area contributed by atoms with Gasteiger partial charge in [0, 0.05) is 55.1 Å². The number of pyridine rings is 1. The molecule has 4 aromatic heterocycles. The van der Waals surface area contributed by atoms with E-state index in [2.05, 4.69) is 77.1 Å². The second-order valence-corrected chi connectivity index (χ2v) is 7.69. The number of nitrogens with one attached hydrogen (secondary N) is 1. The van der Waals surface area contributed by atoms with Gasteiger partial charge in [0.25, 0.3) is 0 Å². The van der Waals surface area contributed by atoms with Crippen molar-refractivity contribution in [1.82, 2.24) is 34.2 Å². The minimum absolute atomic E-state index is 0.699. The molecule has 0 amide bonds. The van der Waals surface area contributed by atoms with Gasteiger partial charge in [-0.1, -0.05) is 12.1 Å². The molecule has 0 aliphatic heterocycles. The van der Waals surface area contributed by atoms with Gasteiger partial charge in [0.05, 0.1) is 16.9 Å². The summed E-state index contributed by atoms with van der Waals surface area (Å²) in [4.78, 5) is 14.9. The lowest BCUT2D eigenvalue weighted by Gasteiger charge is -2.08. The lowest BCUT2D eigenvalue weighted by molar-refractivity contribution is 0.387. The molecule has 5 aromatic rings. The first kappa shape index (κ1) is 17.6. The van der Waals surface area contributed by atoms with Gasteiger partial charge in [-0.15, -0.1) is 0 Å². The third-order valence-electron chi connectivity index (χ3n) is 5.31. The zero-order valence-corrected chi connectivity index (χ0v) is 17.0. The fourth-order valence-electron chi connectivity index (χ4n) is 3.87. The monoisotopic (exact) mass is 385 g/mol. The molecule has 0 aliphatic carbocycles. The number of hydrogen-bond acceptors (Lipinski definition) is 4. The number of imidazole rings is 1. The smallest absolute Gasteiger partial charge is 0.178 e. The highest BCUT2D eigenvalue weighted by Gasteiger charge is 2.16. The number of nitrogens with zero attached hydrogens (tertiary/aromatic N) is 6. The Kier molecular flexibility index (Phi) is 3.99. The van der Waals surface area contributed by atoms with Crippen LogP contribution in [0.3, 0.4) is 0 Å². The van der Waals surface area contributed by atoms with Crippen molar-refractivity contribution in [2.75, 3.05) is 14.1 Å². The first-order valence-electron chi connectivity index (χ1n) is 9.58. The number of rotatable bonds is 4. The molecule has 0 radical (unpaired) electrons. The van der Waals surface area contributed by atoms with Crippen molar-refractivity contribution in [1.29, 1.82) is 0 Å². The minimum atomic E-state index is 0.699. The van der Waals surface area contributed by atoms with E-state index in [1.54, 1.807) is 6.20 Å². The molecule has 0 saturated carbocycles. The Morgan fingerprint density at radius 1 is 1.07 bits per heavy atom. The van der Waals surface area contributed by atoms with Crippen LogP contribution in [-0.2, 0) is 20.6 Å². The zero-order chi connectivity index (χ0) is 20.1. The molecule has 29 heavy (non-hydrogen) atoms. The normalized spacial score (nSPS) is 11.9. The number of benzene rings is 1. The summed E-state index contributed by atoms with van der Waals surface area (Å²) in [7, 11) is 8.15. The summed E-state index contributed by atoms with van der Waals surface area (Å²) in [6, 6.07) is 12.5. The van der Waals surface area contributed by atoms with Gasteiger partial charge in [-0.05, 0) is 38.4 Å². The Balaban J connectivity index is 1.66. The molecule has 0 saturated heterocycles. The zero-order valence-electron chi connectivity index (χ0n) is 17.0. The average molecular weight is 385 g/mol. The molecule has 0 atom stereocenters. The highest BCUT2D eigenvalue weighted by molar-refractivity contribution is 5.97. The van der Waals surface area contributed by atoms with Crippen LogP contribution in [0.4, 0.5) is 0 Å². The van der Waals surface area contributed by atoms with E-state index in [4.69, 9.17) is 10.1 Å². The number of aromatic nitrogens is 6. The van der Waals surface area contributed by atoms with E-state index in [-0.39, 0.29) is 0 Å². The van der Waals surface area contributed by atoms with Crippen LogP contribution < -0.4 is 0 Å². The average Bonchev–Trinajstić information content (AvgIpc) is 3.39. The Bertz CT molecular complexity index is 1340. The van der Waals surface area contributed by atoms with Crippen molar-refractivity contribution in [3.63, 3.8) is 0 Å². The van der Waals surface area contributed by atoms with Crippen LogP contribution in [0.5, 0.6) is 0 Å². The number of aryl methyl sites for hydroxylation is 2. The first-order valence-corrected chi connectivity index (χ1v) is 9.58. The van der Waals surface area contributed by atoms with Crippen LogP contribution in [0.15, 0.2) is 48.8 Å². The van der Waals surface area contributed by atoms with Gasteiger partial charge in [-0.3, -0.25) is 4.68 Å². The van der Waals surface area contributed by atoms with E-state index in [0.29, 0.717) is 5.65 Å². The van der Waals surface area contributed by atoms with E-state index in [1.165, 1.54) is 10.9 Å². The van der Waals surface area contributed by atoms with E-state index in [0.717, 1.165) is 40.4 Å². The van der Waals surface area contributed by atoms with E-state index in [9.17, 15) is 0 Å². The predicted molar refractivity (Wildman–Crippen MR) is 115 cm³/mol. The van der Waals surface area contributed by atoms with Crippen LogP contribution in [0.25, 0.3) is 44.7 Å². The molecule has 1 aromatic carbocycles. The molecule has 0 aliphatic rings. The molecule has 7 heteroatoms. The van der Waals surface area contributed by atoms with Gasteiger partial charge in [0.2, 0.25) is 0 Å². The maximum atomic E-state index is 4.79. The minimum Gasteiger partial charge on any atom is -0.351 e. The summed E-state index contributed by atoms with van der Waals surface area (Å²) in [6.45, 7) is 0.835. The van der Waals surface area contributed by atoms with Crippen molar-refractivity contribution >= 4 is 22.1 Å². The lowest BCUT2D eigenvalue weighted by Crippen LogP contribution is -2.13. The molecule has 0 unspecified atom stereocenters. The van der Waals surface area contributed by atoms with Gasteiger partial charge < -0.3 is 14.5 Å². The Morgan fingerprint density at radius 3 is 2.76 bits per heavy atom. The Morgan fingerprint density at radius 2 is 1.93 bits per heavy atom. The molecule has 146 valence electrons. The quantitative estimate of drug-likeness (QED) is 0.513. The molecular formula is C22H23N7. The Labute approximate surface area is 168 Å². The predicted octanol–water partition coefficient (Wildman–Crippen LogP) is 3.58. The summed E-state index contributed by atoms with van der Waals surface area (Å²) in [5.41, 5.74) is 6.94. The van der Waals surface area contributed by atoms with Gasteiger partial charge in [0.15, 0.2) is 5.65 Å². The van der Waals surface area contributed by atoms with Gasteiger partial charge in [-0.25, -0.2) is 9.97 Å². The van der Waals surface area contributed by atoms with Crippen molar-refractivity contribution < 1.29 is 0 Å². The number of H-pyrrole nitrogens is 1. The lowest BCUT2D eigenvalue weighted by atomic mass is 10.1. The summed E-state index contributed by atoms with van der Waals surface area (Å²) >= 11 is 0. The van der Waals surface area contributed by atoms with E-state index in [1.807, 2.05) is 17.8 Å². The maximum Gasteiger partial charge on any atom is 0.178 e. The largest absolute Gasteiger partial charge is 0.351 e. The molecule has 1 N–H and O–H groups in total. The van der Waals surface area contributed by atoms with Crippen molar-refractivity contribution in [3.05, 3.63) is 54.5 Å². The first-order chi connectivity index (χ1) is 14.0. The van der Waals surface area contributed by atoms with Crippen molar-refractivity contribution in [2.45, 2.75) is 6.54 Å². The van der Waals surface area contributed by atoms with Crippen LogP contribution in [0.1, 0.15) is 5.69 Å². The molecule has 0 bridgehead atoms. The fraction of sp³-hybridized carbons (Fsp3) is 0.227. The summed E-state index contributed by atoms with van der Waals surface area (Å²) < 4.78 is 4.05. The van der Waals surface area contributed by atoms with E-state index >= 15 is 0 Å². The van der Waals surface area contributed by atoms with Gasteiger partial charge in [0.1, 0.15) is 5.82 Å². The second-order valence-electron chi connectivity index (χ2n) is 7.69. The molecule has 4 heterocycles. The highest BCUT2D eigenvalue weighted by Crippen LogP contribution is 2.31. The summed E-state index contributed by atoms with van der Waals surface area (Å²) in [5, 5.41) is 5.90. The third kappa shape index (κ3) is 2.91. The van der Waals surface area contributed by atoms with E-state index < -0.39 is 0 Å². The molecule has 5 rings (SSSR count). The van der Waals surface area contributed by atoms with Crippen LogP contribution in [-0.4, -0.2) is 48.3 Å². The number of aromatic amines is 1. The second kappa shape index (κ2) is 6.56. The van der Waals surface area contributed by atoms with Crippen LogP contribution in [0.2, 0.25) is 0 Å². The SMILES string of the molecule is CN(C)Cc1cc(-c2ccnc3nc(-c4cccc5c4ccn5C)[nH]c23)nn1C.